The fourth-order valence-corrected chi connectivity index (χ4v) is 16.3. The SMILES string of the molecule is C[Si](C)(CCC1CC2CCC1C2)O[Si](C)(C)CCC1CC2CCC1C2. The van der Waals surface area contributed by atoms with E-state index in [-0.39, 0.29) is 0 Å². The van der Waals surface area contributed by atoms with Gasteiger partial charge in [-0.25, -0.2) is 0 Å². The normalized spacial score (nSPS) is 40.3. The van der Waals surface area contributed by atoms with E-state index >= 15 is 0 Å². The molecular formula is C22H42OSi2. The van der Waals surface area contributed by atoms with Crippen molar-refractivity contribution >= 4 is 16.6 Å². The highest BCUT2D eigenvalue weighted by atomic mass is 28.4. The second-order valence-electron chi connectivity index (χ2n) is 11.6. The van der Waals surface area contributed by atoms with Crippen LogP contribution in [0.5, 0.6) is 0 Å². The summed E-state index contributed by atoms with van der Waals surface area (Å²) in [6, 6.07) is 2.84. The monoisotopic (exact) mass is 378 g/mol. The maximum atomic E-state index is 6.98. The van der Waals surface area contributed by atoms with Gasteiger partial charge in [0.2, 0.25) is 0 Å². The standard InChI is InChI=1S/C22H42OSi2/c1-24(2,11-9-21-15-17-5-7-19(21)13-17)23-25(3,4)12-10-22-16-18-6-8-20(22)14-18/h17-22H,5-16H2,1-4H3. The quantitative estimate of drug-likeness (QED) is 0.410. The predicted octanol–water partition coefficient (Wildman–Crippen LogP) is 7.07. The minimum atomic E-state index is -1.47. The Balaban J connectivity index is 1.21. The first-order valence-electron chi connectivity index (χ1n) is 11.5. The van der Waals surface area contributed by atoms with E-state index in [1.165, 1.54) is 24.9 Å². The van der Waals surface area contributed by atoms with Gasteiger partial charge >= 0.3 is 0 Å². The van der Waals surface area contributed by atoms with Crippen LogP contribution in [-0.4, -0.2) is 16.6 Å². The van der Waals surface area contributed by atoms with Crippen LogP contribution in [0.3, 0.4) is 0 Å². The number of hydrogen-bond acceptors (Lipinski definition) is 1. The lowest BCUT2D eigenvalue weighted by atomic mass is 9.87. The summed E-state index contributed by atoms with van der Waals surface area (Å²) in [4.78, 5) is 0. The van der Waals surface area contributed by atoms with Crippen molar-refractivity contribution in [3.05, 3.63) is 0 Å². The topological polar surface area (TPSA) is 9.23 Å². The Kier molecular flexibility index (Phi) is 5.32. The summed E-state index contributed by atoms with van der Waals surface area (Å²) < 4.78 is 6.98. The molecule has 4 aliphatic rings. The van der Waals surface area contributed by atoms with Crippen molar-refractivity contribution in [1.29, 1.82) is 0 Å². The van der Waals surface area contributed by atoms with E-state index < -0.39 is 16.6 Å². The van der Waals surface area contributed by atoms with E-state index in [0.29, 0.717) is 0 Å². The molecule has 4 rings (SSSR count). The molecule has 6 unspecified atom stereocenters. The molecule has 4 saturated carbocycles. The first kappa shape index (κ1) is 18.7. The Morgan fingerprint density at radius 2 is 1.08 bits per heavy atom. The Bertz CT molecular complexity index is 433. The zero-order chi connectivity index (χ0) is 17.7. The summed E-state index contributed by atoms with van der Waals surface area (Å²) in [6.07, 6.45) is 15.4. The van der Waals surface area contributed by atoms with E-state index in [1.54, 1.807) is 51.4 Å². The summed E-state index contributed by atoms with van der Waals surface area (Å²) in [5.74, 6) is 6.53. The molecule has 3 heteroatoms. The summed E-state index contributed by atoms with van der Waals surface area (Å²) in [7, 11) is -2.93. The third-order valence-corrected chi connectivity index (χ3v) is 16.0. The van der Waals surface area contributed by atoms with E-state index in [4.69, 9.17) is 4.12 Å². The maximum Gasteiger partial charge on any atom is 0.173 e. The lowest BCUT2D eigenvalue weighted by Gasteiger charge is -2.36. The van der Waals surface area contributed by atoms with Crippen LogP contribution in [0.4, 0.5) is 0 Å². The van der Waals surface area contributed by atoms with Gasteiger partial charge in [-0.15, -0.1) is 0 Å². The van der Waals surface area contributed by atoms with Gasteiger partial charge in [0.05, 0.1) is 0 Å². The van der Waals surface area contributed by atoms with Gasteiger partial charge in [-0.1, -0.05) is 25.7 Å². The number of rotatable bonds is 8. The van der Waals surface area contributed by atoms with Crippen LogP contribution >= 0.6 is 0 Å². The molecule has 0 N–H and O–H groups in total. The fraction of sp³-hybridized carbons (Fsp3) is 1.00. The third-order valence-electron chi connectivity index (χ3n) is 8.56. The molecule has 0 aliphatic heterocycles. The van der Waals surface area contributed by atoms with Crippen molar-refractivity contribution in [3.63, 3.8) is 0 Å². The molecule has 25 heavy (non-hydrogen) atoms. The molecule has 0 heterocycles. The van der Waals surface area contributed by atoms with Gasteiger partial charge in [0, 0.05) is 0 Å². The van der Waals surface area contributed by atoms with Gasteiger partial charge in [0.15, 0.2) is 16.6 Å². The second kappa shape index (κ2) is 7.09. The molecule has 4 aliphatic carbocycles. The van der Waals surface area contributed by atoms with E-state index in [1.807, 2.05) is 0 Å². The average molecular weight is 379 g/mol. The van der Waals surface area contributed by atoms with Gasteiger partial charge in [-0.3, -0.25) is 0 Å². The summed E-state index contributed by atoms with van der Waals surface area (Å²) >= 11 is 0. The molecular weight excluding hydrogens is 336 g/mol. The highest BCUT2D eigenvalue weighted by Gasteiger charge is 2.42. The largest absolute Gasteiger partial charge is 0.455 e. The van der Waals surface area contributed by atoms with Crippen LogP contribution in [0.25, 0.3) is 0 Å². The van der Waals surface area contributed by atoms with Crippen molar-refractivity contribution in [2.45, 2.75) is 102 Å². The molecule has 1 nitrogen and oxygen atoms in total. The Labute approximate surface area is 159 Å². The van der Waals surface area contributed by atoms with Gasteiger partial charge < -0.3 is 4.12 Å². The Hall–Kier alpha value is 0.394. The van der Waals surface area contributed by atoms with Crippen molar-refractivity contribution in [2.24, 2.45) is 35.5 Å². The highest BCUT2D eigenvalue weighted by molar-refractivity contribution is 6.84. The van der Waals surface area contributed by atoms with E-state index in [0.717, 1.165) is 35.5 Å². The molecule has 144 valence electrons. The third kappa shape index (κ3) is 4.46. The molecule has 0 radical (unpaired) electrons. The van der Waals surface area contributed by atoms with E-state index in [9.17, 15) is 0 Å². The van der Waals surface area contributed by atoms with Crippen LogP contribution in [0.15, 0.2) is 0 Å². The van der Waals surface area contributed by atoms with Crippen LogP contribution in [0.2, 0.25) is 38.3 Å². The van der Waals surface area contributed by atoms with Crippen LogP contribution in [0.1, 0.15) is 64.2 Å². The highest BCUT2D eigenvalue weighted by Crippen LogP contribution is 2.51. The average Bonchev–Trinajstić information content (AvgIpc) is 3.30. The van der Waals surface area contributed by atoms with Gasteiger partial charge in [-0.2, -0.15) is 0 Å². The molecule has 0 amide bonds. The van der Waals surface area contributed by atoms with Crippen molar-refractivity contribution in [1.82, 2.24) is 0 Å². The molecule has 0 spiro atoms. The number of fused-ring (bicyclic) bond motifs is 4. The van der Waals surface area contributed by atoms with E-state index in [2.05, 4.69) is 26.2 Å². The fourth-order valence-electron chi connectivity index (χ4n) is 7.38. The van der Waals surface area contributed by atoms with Crippen molar-refractivity contribution in [2.75, 3.05) is 0 Å². The molecule has 0 saturated heterocycles. The summed E-state index contributed by atoms with van der Waals surface area (Å²) in [6.45, 7) is 10.1. The van der Waals surface area contributed by atoms with Gasteiger partial charge in [0.1, 0.15) is 0 Å². The molecule has 0 aromatic carbocycles. The lowest BCUT2D eigenvalue weighted by Crippen LogP contribution is -2.44. The zero-order valence-electron chi connectivity index (χ0n) is 17.4. The minimum Gasteiger partial charge on any atom is -0.455 e. The zero-order valence-corrected chi connectivity index (χ0v) is 19.4. The van der Waals surface area contributed by atoms with Crippen LogP contribution < -0.4 is 0 Å². The molecule has 4 fully saturated rings. The smallest absolute Gasteiger partial charge is 0.173 e. The Morgan fingerprint density at radius 1 is 0.640 bits per heavy atom. The maximum absolute atomic E-state index is 6.98. The first-order valence-corrected chi connectivity index (χ1v) is 17.7. The van der Waals surface area contributed by atoms with Gasteiger partial charge in [0.25, 0.3) is 0 Å². The second-order valence-corrected chi connectivity index (χ2v) is 20.4. The van der Waals surface area contributed by atoms with Crippen LogP contribution in [-0.2, 0) is 4.12 Å². The first-order chi connectivity index (χ1) is 11.8. The number of hydrogen-bond donors (Lipinski definition) is 0. The molecule has 0 aromatic heterocycles. The predicted molar refractivity (Wildman–Crippen MR) is 113 cm³/mol. The van der Waals surface area contributed by atoms with Crippen molar-refractivity contribution < 1.29 is 4.12 Å². The molecule has 0 aromatic rings. The Morgan fingerprint density at radius 3 is 1.40 bits per heavy atom. The van der Waals surface area contributed by atoms with Crippen molar-refractivity contribution in [3.8, 4) is 0 Å². The lowest BCUT2D eigenvalue weighted by molar-refractivity contribution is 0.317. The summed E-state index contributed by atoms with van der Waals surface area (Å²) in [5, 5.41) is 0. The molecule has 4 bridgehead atoms. The van der Waals surface area contributed by atoms with Crippen LogP contribution in [0, 0.1) is 35.5 Å². The molecule has 6 atom stereocenters. The summed E-state index contributed by atoms with van der Waals surface area (Å²) in [5.41, 5.74) is 0. The van der Waals surface area contributed by atoms with Gasteiger partial charge in [-0.05, 0) is 112 Å². The minimum absolute atomic E-state index is 1.06.